The maximum Gasteiger partial charge on any atom is 2.00 e. The van der Waals surface area contributed by atoms with Gasteiger partial charge in [0, 0.05) is 0 Å². The maximum absolute atomic E-state index is 5.66. The number of rotatable bonds is 4. The normalized spacial score (nSPS) is 8.72. The summed E-state index contributed by atoms with van der Waals surface area (Å²) in [5.74, 6) is 1.50. The molecule has 0 aliphatic rings. The molecule has 0 unspecified atom stereocenters. The molecule has 0 heterocycles. The summed E-state index contributed by atoms with van der Waals surface area (Å²) in [6, 6.07) is 18.5. The van der Waals surface area contributed by atoms with E-state index >= 15 is 0 Å². The van der Waals surface area contributed by atoms with Crippen molar-refractivity contribution in [1.29, 1.82) is 0 Å². The van der Waals surface area contributed by atoms with Gasteiger partial charge in [-0.2, -0.15) is 30.3 Å². The van der Waals surface area contributed by atoms with E-state index in [0.717, 1.165) is 17.1 Å². The molecule has 2 aromatic rings. The van der Waals surface area contributed by atoms with Crippen molar-refractivity contribution in [3.05, 3.63) is 60.2 Å². The van der Waals surface area contributed by atoms with Crippen LogP contribution in [0.25, 0.3) is 0 Å². The summed E-state index contributed by atoms with van der Waals surface area (Å²) in [6.45, 7) is 0.501. The molecule has 0 amide bonds. The van der Waals surface area contributed by atoms with Crippen molar-refractivity contribution < 1.29 is 26.5 Å². The fourth-order valence-corrected chi connectivity index (χ4v) is 1.41. The molecule has 0 aliphatic carbocycles. The van der Waals surface area contributed by atoms with E-state index in [1.54, 1.807) is 7.11 Å². The van der Waals surface area contributed by atoms with E-state index in [2.05, 4.69) is 6.07 Å². The summed E-state index contributed by atoms with van der Waals surface area (Å²) >= 11 is 0. The van der Waals surface area contributed by atoms with Crippen LogP contribution in [0.3, 0.4) is 0 Å². The number of benzene rings is 2. The van der Waals surface area contributed by atoms with Crippen molar-refractivity contribution in [1.82, 2.24) is 0 Å². The third-order valence-electron chi connectivity index (χ3n) is 2.23. The first-order valence-corrected chi connectivity index (χ1v) is 5.11. The van der Waals surface area contributed by atoms with Gasteiger partial charge in [0.15, 0.2) is 11.5 Å². The van der Waals surface area contributed by atoms with Crippen LogP contribution in [0.2, 0.25) is 0 Å². The Bertz CT molecular complexity index is 449. The second-order valence-corrected chi connectivity index (χ2v) is 3.33. The second kappa shape index (κ2) is 9.25. The van der Waals surface area contributed by atoms with Gasteiger partial charge in [0.25, 0.3) is 0 Å². The number of halogens is 1. The summed E-state index contributed by atoms with van der Waals surface area (Å²) in [5, 5.41) is 0. The molecule has 0 fully saturated rings. The summed E-state index contributed by atoms with van der Waals surface area (Å²) in [6.07, 6.45) is 0. The van der Waals surface area contributed by atoms with E-state index in [0.29, 0.717) is 6.61 Å². The molecule has 90 valence electrons. The monoisotopic (exact) mass is 316 g/mol. The molecule has 2 rings (SSSR count). The fourth-order valence-electron chi connectivity index (χ4n) is 1.41. The first-order chi connectivity index (χ1) is 7.90. The van der Waals surface area contributed by atoms with Gasteiger partial charge < -0.3 is 26.5 Å². The molecule has 0 N–H and O–H groups in total. The molecule has 0 radical (unpaired) electrons. The van der Waals surface area contributed by atoms with E-state index in [1.807, 2.05) is 48.5 Å². The molecule has 2 nitrogen and oxygen atoms in total. The SMILES string of the molecule is COc1ccccc1OCc1[c-]cccc1.[Br-].[Mg+2]. The van der Waals surface area contributed by atoms with Crippen LogP contribution < -0.4 is 26.5 Å². The molecule has 0 atom stereocenters. The van der Waals surface area contributed by atoms with Crippen LogP contribution >= 0.6 is 0 Å². The van der Waals surface area contributed by atoms with Crippen molar-refractivity contribution in [2.24, 2.45) is 0 Å². The van der Waals surface area contributed by atoms with Gasteiger partial charge in [0.2, 0.25) is 0 Å². The number of methoxy groups -OCH3 is 1. The van der Waals surface area contributed by atoms with Crippen LogP contribution in [0.15, 0.2) is 48.5 Å². The summed E-state index contributed by atoms with van der Waals surface area (Å²) in [4.78, 5) is 0. The quantitative estimate of drug-likeness (QED) is 0.569. The third kappa shape index (κ3) is 4.88. The van der Waals surface area contributed by atoms with Gasteiger partial charge >= 0.3 is 23.1 Å². The molecule has 0 saturated carbocycles. The Balaban J connectivity index is 0.00000144. The van der Waals surface area contributed by atoms with Crippen LogP contribution in [-0.2, 0) is 6.61 Å². The molecular formula is C14H13BrMgO2. The van der Waals surface area contributed by atoms with Crippen LogP contribution in [-0.4, -0.2) is 30.2 Å². The maximum atomic E-state index is 5.66. The first-order valence-electron chi connectivity index (χ1n) is 5.11. The van der Waals surface area contributed by atoms with Crippen molar-refractivity contribution in [2.45, 2.75) is 6.61 Å². The molecule has 18 heavy (non-hydrogen) atoms. The largest absolute Gasteiger partial charge is 2.00 e. The van der Waals surface area contributed by atoms with Gasteiger partial charge in [0.1, 0.15) is 0 Å². The smallest absolute Gasteiger partial charge is 1.00 e. The van der Waals surface area contributed by atoms with Crippen LogP contribution in [0, 0.1) is 6.07 Å². The van der Waals surface area contributed by atoms with E-state index in [4.69, 9.17) is 9.47 Å². The van der Waals surface area contributed by atoms with E-state index in [1.165, 1.54) is 0 Å². The minimum atomic E-state index is 0. The Kier molecular flexibility index (Phi) is 8.88. The van der Waals surface area contributed by atoms with Gasteiger partial charge in [-0.05, 0) is 12.1 Å². The van der Waals surface area contributed by atoms with Gasteiger partial charge in [-0.3, -0.25) is 0 Å². The number of ether oxygens (including phenoxy) is 2. The zero-order chi connectivity index (χ0) is 11.2. The second-order valence-electron chi connectivity index (χ2n) is 3.33. The van der Waals surface area contributed by atoms with Gasteiger partial charge in [0.05, 0.1) is 13.7 Å². The Hall–Kier alpha value is -0.714. The van der Waals surface area contributed by atoms with E-state index in [-0.39, 0.29) is 40.0 Å². The molecule has 0 saturated heterocycles. The predicted octanol–water partition coefficient (Wildman–Crippen LogP) is -0.302. The molecule has 0 aliphatic heterocycles. The summed E-state index contributed by atoms with van der Waals surface area (Å²) in [7, 11) is 1.64. The van der Waals surface area contributed by atoms with Gasteiger partial charge in [-0.1, -0.05) is 12.1 Å². The zero-order valence-electron chi connectivity index (χ0n) is 10.2. The van der Waals surface area contributed by atoms with Crippen molar-refractivity contribution in [3.63, 3.8) is 0 Å². The summed E-state index contributed by atoms with van der Waals surface area (Å²) in [5.41, 5.74) is 1.02. The minimum absolute atomic E-state index is 0. The van der Waals surface area contributed by atoms with E-state index in [9.17, 15) is 0 Å². The molecule has 0 spiro atoms. The van der Waals surface area contributed by atoms with Crippen LogP contribution in [0.1, 0.15) is 5.56 Å². The van der Waals surface area contributed by atoms with Crippen molar-refractivity contribution >= 4 is 23.1 Å². The Morgan fingerprint density at radius 1 is 1.00 bits per heavy atom. The number of hydrogen-bond donors (Lipinski definition) is 0. The first kappa shape index (κ1) is 17.3. The summed E-state index contributed by atoms with van der Waals surface area (Å²) < 4.78 is 10.9. The molecule has 2 aromatic carbocycles. The fraction of sp³-hybridized carbons (Fsp3) is 0.143. The average Bonchev–Trinajstić information content (AvgIpc) is 2.38. The third-order valence-corrected chi connectivity index (χ3v) is 2.23. The van der Waals surface area contributed by atoms with Crippen molar-refractivity contribution in [3.8, 4) is 11.5 Å². The molecule has 0 aromatic heterocycles. The molecule has 0 bridgehead atoms. The predicted molar refractivity (Wildman–Crippen MR) is 68.4 cm³/mol. The topological polar surface area (TPSA) is 18.5 Å². The standard InChI is InChI=1S/C14H13O2.BrH.Mg/c1-15-13-9-5-6-10-14(13)16-11-12-7-3-2-4-8-12;;/h2-7,9-10H,11H2,1H3;1H;/q-1;;+2/p-1. The van der Waals surface area contributed by atoms with Gasteiger partial charge in [-0.25, -0.2) is 0 Å². The average molecular weight is 317 g/mol. The Labute approximate surface area is 134 Å². The van der Waals surface area contributed by atoms with Crippen LogP contribution in [0.4, 0.5) is 0 Å². The Morgan fingerprint density at radius 2 is 1.67 bits per heavy atom. The molecule has 4 heteroatoms. The van der Waals surface area contributed by atoms with Crippen molar-refractivity contribution in [2.75, 3.05) is 7.11 Å². The Morgan fingerprint density at radius 3 is 2.28 bits per heavy atom. The van der Waals surface area contributed by atoms with Crippen LogP contribution in [0.5, 0.6) is 11.5 Å². The zero-order valence-corrected chi connectivity index (χ0v) is 13.2. The number of hydrogen-bond acceptors (Lipinski definition) is 2. The van der Waals surface area contributed by atoms with E-state index < -0.39 is 0 Å². The minimum Gasteiger partial charge on any atom is -1.00 e. The van der Waals surface area contributed by atoms with Gasteiger partial charge in [-0.15, -0.1) is 5.56 Å². The molecular weight excluding hydrogens is 304 g/mol. The number of para-hydroxylation sites is 2.